The number of carbonyl (C=O) groups excluding carboxylic acids is 1. The SMILES string of the molecule is COc1ccc(-c2nnc(SCC(=O)N[C@@H](C)C(C)C)n2C)cc1. The van der Waals surface area contributed by atoms with Crippen LogP contribution in [0.3, 0.4) is 0 Å². The summed E-state index contributed by atoms with van der Waals surface area (Å²) in [6.45, 7) is 6.18. The summed E-state index contributed by atoms with van der Waals surface area (Å²) < 4.78 is 7.06. The summed E-state index contributed by atoms with van der Waals surface area (Å²) in [5, 5.41) is 12.1. The summed E-state index contributed by atoms with van der Waals surface area (Å²) >= 11 is 1.38. The Bertz CT molecular complexity index is 682. The Kier molecular flexibility index (Phi) is 6.25. The molecular weight excluding hydrogens is 324 g/mol. The first-order valence-corrected chi connectivity index (χ1v) is 8.87. The maximum Gasteiger partial charge on any atom is 0.230 e. The molecule has 2 rings (SSSR count). The fourth-order valence-corrected chi connectivity index (χ4v) is 2.75. The van der Waals surface area contributed by atoms with Gasteiger partial charge in [0.05, 0.1) is 12.9 Å². The van der Waals surface area contributed by atoms with E-state index in [0.29, 0.717) is 16.8 Å². The smallest absolute Gasteiger partial charge is 0.230 e. The van der Waals surface area contributed by atoms with Gasteiger partial charge < -0.3 is 14.6 Å². The van der Waals surface area contributed by atoms with Crippen LogP contribution in [0.4, 0.5) is 0 Å². The Morgan fingerprint density at radius 2 is 1.92 bits per heavy atom. The van der Waals surface area contributed by atoms with Gasteiger partial charge in [-0.3, -0.25) is 4.79 Å². The highest BCUT2D eigenvalue weighted by molar-refractivity contribution is 7.99. The molecule has 7 heteroatoms. The van der Waals surface area contributed by atoms with Gasteiger partial charge in [0.25, 0.3) is 0 Å². The van der Waals surface area contributed by atoms with E-state index in [9.17, 15) is 4.79 Å². The normalized spacial score (nSPS) is 12.2. The summed E-state index contributed by atoms with van der Waals surface area (Å²) in [5.41, 5.74) is 0.954. The van der Waals surface area contributed by atoms with Crippen molar-refractivity contribution in [3.63, 3.8) is 0 Å². The van der Waals surface area contributed by atoms with Gasteiger partial charge in [-0.25, -0.2) is 0 Å². The van der Waals surface area contributed by atoms with E-state index in [1.807, 2.05) is 42.8 Å². The number of thioether (sulfide) groups is 1. The molecule has 1 heterocycles. The van der Waals surface area contributed by atoms with Crippen LogP contribution in [0.5, 0.6) is 5.75 Å². The van der Waals surface area contributed by atoms with E-state index in [0.717, 1.165) is 17.1 Å². The standard InChI is InChI=1S/C17H24N4O2S/c1-11(2)12(3)18-15(22)10-24-17-20-19-16(21(17)4)13-6-8-14(23-5)9-7-13/h6-9,11-12H,10H2,1-5H3,(H,18,22)/t12-/m0/s1. The third-order valence-corrected chi connectivity index (χ3v) is 4.92. The molecule has 2 aromatic rings. The first-order chi connectivity index (χ1) is 11.4. The van der Waals surface area contributed by atoms with Crippen molar-refractivity contribution in [3.8, 4) is 17.1 Å². The van der Waals surface area contributed by atoms with Gasteiger partial charge in [0, 0.05) is 18.7 Å². The number of aromatic nitrogens is 3. The highest BCUT2D eigenvalue weighted by atomic mass is 32.2. The number of rotatable bonds is 7. The van der Waals surface area contributed by atoms with Crippen LogP contribution in [0.1, 0.15) is 20.8 Å². The Hall–Kier alpha value is -2.02. The number of hydrogen-bond donors (Lipinski definition) is 1. The minimum atomic E-state index is 0.00944. The highest BCUT2D eigenvalue weighted by Gasteiger charge is 2.15. The van der Waals surface area contributed by atoms with Gasteiger partial charge in [-0.1, -0.05) is 25.6 Å². The van der Waals surface area contributed by atoms with Crippen LogP contribution < -0.4 is 10.1 Å². The molecule has 0 saturated carbocycles. The van der Waals surface area contributed by atoms with Gasteiger partial charge in [0.1, 0.15) is 5.75 Å². The van der Waals surface area contributed by atoms with Gasteiger partial charge >= 0.3 is 0 Å². The maximum atomic E-state index is 12.0. The van der Waals surface area contributed by atoms with Crippen molar-refractivity contribution in [2.75, 3.05) is 12.9 Å². The monoisotopic (exact) mass is 348 g/mol. The van der Waals surface area contributed by atoms with Gasteiger partial charge in [-0.2, -0.15) is 0 Å². The second kappa shape index (κ2) is 8.19. The van der Waals surface area contributed by atoms with Crippen molar-refractivity contribution < 1.29 is 9.53 Å². The molecule has 0 unspecified atom stereocenters. The fourth-order valence-electron chi connectivity index (χ4n) is 2.02. The fraction of sp³-hybridized carbons (Fsp3) is 0.471. The van der Waals surface area contributed by atoms with E-state index < -0.39 is 0 Å². The van der Waals surface area contributed by atoms with Crippen molar-refractivity contribution in [3.05, 3.63) is 24.3 Å². The zero-order valence-electron chi connectivity index (χ0n) is 14.7. The molecule has 1 amide bonds. The molecule has 1 atom stereocenters. The Morgan fingerprint density at radius 1 is 1.25 bits per heavy atom. The molecule has 130 valence electrons. The Balaban J connectivity index is 2.00. The summed E-state index contributed by atoms with van der Waals surface area (Å²) in [4.78, 5) is 12.0. The van der Waals surface area contributed by atoms with Crippen LogP contribution >= 0.6 is 11.8 Å². The van der Waals surface area contributed by atoms with Crippen LogP contribution in [0, 0.1) is 5.92 Å². The number of ether oxygens (including phenoxy) is 1. The summed E-state index contributed by atoms with van der Waals surface area (Å²) in [6, 6.07) is 7.81. The summed E-state index contributed by atoms with van der Waals surface area (Å²) in [5.74, 6) is 2.30. The van der Waals surface area contributed by atoms with Gasteiger partial charge in [-0.15, -0.1) is 10.2 Å². The molecule has 24 heavy (non-hydrogen) atoms. The quantitative estimate of drug-likeness (QED) is 0.779. The van der Waals surface area contributed by atoms with Crippen LogP contribution in [0.15, 0.2) is 29.4 Å². The number of methoxy groups -OCH3 is 1. The van der Waals surface area contributed by atoms with Crippen LogP contribution in [-0.2, 0) is 11.8 Å². The van der Waals surface area contributed by atoms with Crippen molar-refractivity contribution in [2.45, 2.75) is 32.0 Å². The van der Waals surface area contributed by atoms with E-state index >= 15 is 0 Å². The van der Waals surface area contributed by atoms with Gasteiger partial charge in [0.15, 0.2) is 11.0 Å². The lowest BCUT2D eigenvalue weighted by Gasteiger charge is -2.17. The molecule has 0 aliphatic heterocycles. The molecule has 0 fully saturated rings. The molecule has 1 N–H and O–H groups in total. The molecule has 6 nitrogen and oxygen atoms in total. The molecule has 0 bridgehead atoms. The molecule has 1 aromatic heterocycles. The number of nitrogens with zero attached hydrogens (tertiary/aromatic N) is 3. The second-order valence-corrected chi connectivity index (χ2v) is 6.93. The molecule has 0 spiro atoms. The lowest BCUT2D eigenvalue weighted by atomic mass is 10.1. The van der Waals surface area contributed by atoms with E-state index in [-0.39, 0.29) is 11.9 Å². The minimum Gasteiger partial charge on any atom is -0.497 e. The van der Waals surface area contributed by atoms with Crippen molar-refractivity contribution in [1.29, 1.82) is 0 Å². The summed E-state index contributed by atoms with van der Waals surface area (Å²) in [7, 11) is 3.54. The lowest BCUT2D eigenvalue weighted by Crippen LogP contribution is -2.37. The van der Waals surface area contributed by atoms with Crippen molar-refractivity contribution in [1.82, 2.24) is 20.1 Å². The number of benzene rings is 1. The highest BCUT2D eigenvalue weighted by Crippen LogP contribution is 2.24. The maximum absolute atomic E-state index is 12.0. The van der Waals surface area contributed by atoms with Crippen LogP contribution in [0.25, 0.3) is 11.4 Å². The molecule has 0 aliphatic rings. The first kappa shape index (κ1) is 18.3. The van der Waals surface area contributed by atoms with E-state index in [4.69, 9.17) is 4.74 Å². The number of amides is 1. The van der Waals surface area contributed by atoms with E-state index in [2.05, 4.69) is 29.4 Å². The lowest BCUT2D eigenvalue weighted by molar-refractivity contribution is -0.119. The average molecular weight is 348 g/mol. The topological polar surface area (TPSA) is 69.0 Å². The predicted molar refractivity (Wildman–Crippen MR) is 96.2 cm³/mol. The Morgan fingerprint density at radius 3 is 2.50 bits per heavy atom. The van der Waals surface area contributed by atoms with Crippen LogP contribution in [0.2, 0.25) is 0 Å². The molecular formula is C17H24N4O2S. The molecule has 0 saturated heterocycles. The average Bonchev–Trinajstić information content (AvgIpc) is 2.93. The van der Waals surface area contributed by atoms with E-state index in [1.54, 1.807) is 7.11 Å². The number of nitrogens with one attached hydrogen (secondary N) is 1. The zero-order chi connectivity index (χ0) is 17.7. The van der Waals surface area contributed by atoms with Crippen molar-refractivity contribution in [2.24, 2.45) is 13.0 Å². The first-order valence-electron chi connectivity index (χ1n) is 7.88. The predicted octanol–water partition coefficient (Wildman–Crippen LogP) is 2.74. The summed E-state index contributed by atoms with van der Waals surface area (Å²) in [6.07, 6.45) is 0. The van der Waals surface area contributed by atoms with Crippen molar-refractivity contribution >= 4 is 17.7 Å². The zero-order valence-corrected chi connectivity index (χ0v) is 15.6. The number of hydrogen-bond acceptors (Lipinski definition) is 5. The third-order valence-electron chi connectivity index (χ3n) is 3.90. The minimum absolute atomic E-state index is 0.00944. The molecule has 1 aromatic carbocycles. The van der Waals surface area contributed by atoms with E-state index in [1.165, 1.54) is 11.8 Å². The van der Waals surface area contributed by atoms with Gasteiger partial charge in [-0.05, 0) is 37.1 Å². The molecule has 0 radical (unpaired) electrons. The number of carbonyl (C=O) groups is 1. The third kappa shape index (κ3) is 4.50. The van der Waals surface area contributed by atoms with Crippen LogP contribution in [-0.4, -0.2) is 39.6 Å². The van der Waals surface area contributed by atoms with Gasteiger partial charge in [0.2, 0.25) is 5.91 Å². The second-order valence-electron chi connectivity index (χ2n) is 5.98. The largest absolute Gasteiger partial charge is 0.497 e. The molecule has 0 aliphatic carbocycles. The Labute approximate surface area is 147 Å².